The fourth-order valence-corrected chi connectivity index (χ4v) is 2.73. The van der Waals surface area contributed by atoms with E-state index in [9.17, 15) is 9.90 Å². The molecule has 0 atom stereocenters. The summed E-state index contributed by atoms with van der Waals surface area (Å²) >= 11 is 0. The molecular weight excluding hydrogens is 270 g/mol. The molecule has 2 N–H and O–H groups in total. The van der Waals surface area contributed by atoms with Crippen molar-refractivity contribution >= 4 is 11.7 Å². The van der Waals surface area contributed by atoms with Crippen molar-refractivity contribution in [2.75, 3.05) is 32.2 Å². The molecule has 0 aromatic heterocycles. The van der Waals surface area contributed by atoms with Crippen molar-refractivity contribution in [3.05, 3.63) is 28.8 Å². The fourth-order valence-electron chi connectivity index (χ4n) is 2.73. The van der Waals surface area contributed by atoms with E-state index < -0.39 is 5.97 Å². The van der Waals surface area contributed by atoms with Gasteiger partial charge in [-0.3, -0.25) is 0 Å². The van der Waals surface area contributed by atoms with E-state index >= 15 is 0 Å². The van der Waals surface area contributed by atoms with E-state index in [-0.39, 0.29) is 5.60 Å². The van der Waals surface area contributed by atoms with Crippen molar-refractivity contribution in [1.29, 1.82) is 0 Å². The highest BCUT2D eigenvalue weighted by molar-refractivity contribution is 5.91. The summed E-state index contributed by atoms with van der Waals surface area (Å²) in [5.74, 6) is -0.900. The normalized spacial score (nSPS) is 17.5. The molecule has 1 aliphatic heterocycles. The number of benzene rings is 1. The minimum atomic E-state index is -0.900. The average molecular weight is 293 g/mol. The highest BCUT2D eigenvalue weighted by atomic mass is 16.5. The number of ether oxygens (including phenoxy) is 2. The molecule has 0 spiro atoms. The minimum Gasteiger partial charge on any atom is -0.478 e. The summed E-state index contributed by atoms with van der Waals surface area (Å²) in [6, 6.07) is 3.60. The third kappa shape index (κ3) is 3.54. The van der Waals surface area contributed by atoms with Crippen LogP contribution in [0.5, 0.6) is 0 Å². The molecular formula is C16H23NO4. The Hall–Kier alpha value is -1.59. The summed E-state index contributed by atoms with van der Waals surface area (Å²) in [7, 11) is 1.72. The van der Waals surface area contributed by atoms with Gasteiger partial charge in [0.2, 0.25) is 0 Å². The van der Waals surface area contributed by atoms with Crippen LogP contribution in [-0.4, -0.2) is 43.5 Å². The molecule has 2 rings (SSSR count). The van der Waals surface area contributed by atoms with Gasteiger partial charge in [-0.1, -0.05) is 6.07 Å². The zero-order valence-corrected chi connectivity index (χ0v) is 12.9. The Morgan fingerprint density at radius 2 is 2.00 bits per heavy atom. The molecule has 0 aliphatic carbocycles. The number of nitrogens with one attached hydrogen (secondary N) is 1. The van der Waals surface area contributed by atoms with Crippen LogP contribution < -0.4 is 5.32 Å². The first-order valence-corrected chi connectivity index (χ1v) is 7.19. The maximum Gasteiger partial charge on any atom is 0.336 e. The van der Waals surface area contributed by atoms with Gasteiger partial charge in [-0.2, -0.15) is 0 Å². The van der Waals surface area contributed by atoms with Crippen LogP contribution >= 0.6 is 0 Å². The molecule has 1 fully saturated rings. The van der Waals surface area contributed by atoms with Crippen molar-refractivity contribution < 1.29 is 19.4 Å². The van der Waals surface area contributed by atoms with Crippen LogP contribution in [0.4, 0.5) is 5.69 Å². The first-order chi connectivity index (χ1) is 9.97. The van der Waals surface area contributed by atoms with Gasteiger partial charge in [-0.25, -0.2) is 4.79 Å². The monoisotopic (exact) mass is 293 g/mol. The van der Waals surface area contributed by atoms with Gasteiger partial charge in [0, 0.05) is 45.4 Å². The predicted molar refractivity (Wildman–Crippen MR) is 81.2 cm³/mol. The summed E-state index contributed by atoms with van der Waals surface area (Å²) in [4.78, 5) is 11.2. The lowest BCUT2D eigenvalue weighted by molar-refractivity contribution is -0.0807. The van der Waals surface area contributed by atoms with Crippen LogP contribution in [0.3, 0.4) is 0 Å². The number of aryl methyl sites for hydroxylation is 2. The molecule has 1 aromatic rings. The van der Waals surface area contributed by atoms with Crippen LogP contribution in [0.2, 0.25) is 0 Å². The van der Waals surface area contributed by atoms with Crippen molar-refractivity contribution in [2.45, 2.75) is 32.3 Å². The van der Waals surface area contributed by atoms with Gasteiger partial charge in [0.25, 0.3) is 0 Å². The second-order valence-corrected chi connectivity index (χ2v) is 5.64. The largest absolute Gasteiger partial charge is 0.478 e. The molecule has 1 saturated heterocycles. The Labute approximate surface area is 125 Å². The molecule has 116 valence electrons. The number of anilines is 1. The van der Waals surface area contributed by atoms with Crippen LogP contribution in [0.15, 0.2) is 12.1 Å². The molecule has 0 bridgehead atoms. The number of carbonyl (C=O) groups is 1. The summed E-state index contributed by atoms with van der Waals surface area (Å²) in [5, 5.41) is 12.6. The van der Waals surface area contributed by atoms with Gasteiger partial charge in [0.05, 0.1) is 11.2 Å². The quantitative estimate of drug-likeness (QED) is 0.873. The highest BCUT2D eigenvalue weighted by Gasteiger charge is 2.32. The summed E-state index contributed by atoms with van der Waals surface area (Å²) in [5.41, 5.74) is 2.76. The number of carboxylic acids is 1. The minimum absolute atomic E-state index is 0.237. The number of hydrogen-bond acceptors (Lipinski definition) is 4. The van der Waals surface area contributed by atoms with E-state index in [4.69, 9.17) is 9.47 Å². The highest BCUT2D eigenvalue weighted by Crippen LogP contribution is 2.27. The molecule has 5 heteroatoms. The molecule has 1 aromatic carbocycles. The van der Waals surface area contributed by atoms with Crippen molar-refractivity contribution in [2.24, 2.45) is 0 Å². The number of aromatic carboxylic acids is 1. The van der Waals surface area contributed by atoms with Gasteiger partial charge >= 0.3 is 5.97 Å². The Morgan fingerprint density at radius 1 is 1.33 bits per heavy atom. The molecule has 0 saturated carbocycles. The maximum atomic E-state index is 11.2. The number of carboxylic acid groups (broad SMARTS) is 1. The van der Waals surface area contributed by atoms with Gasteiger partial charge in [0.1, 0.15) is 0 Å². The molecule has 21 heavy (non-hydrogen) atoms. The fraction of sp³-hybridized carbons (Fsp3) is 0.562. The van der Waals surface area contributed by atoms with E-state index in [0.717, 1.165) is 29.7 Å². The van der Waals surface area contributed by atoms with E-state index in [1.807, 2.05) is 19.9 Å². The van der Waals surface area contributed by atoms with E-state index in [0.29, 0.717) is 25.3 Å². The van der Waals surface area contributed by atoms with Crippen LogP contribution in [0, 0.1) is 13.8 Å². The van der Waals surface area contributed by atoms with Crippen LogP contribution in [0.1, 0.15) is 34.3 Å². The van der Waals surface area contributed by atoms with Crippen LogP contribution in [0.25, 0.3) is 0 Å². The van der Waals surface area contributed by atoms with Crippen molar-refractivity contribution in [3.8, 4) is 0 Å². The molecule has 1 heterocycles. The second-order valence-electron chi connectivity index (χ2n) is 5.64. The Morgan fingerprint density at radius 3 is 2.57 bits per heavy atom. The van der Waals surface area contributed by atoms with E-state index in [2.05, 4.69) is 5.32 Å². The van der Waals surface area contributed by atoms with Gasteiger partial charge in [-0.15, -0.1) is 0 Å². The lowest BCUT2D eigenvalue weighted by atomic mass is 9.93. The lowest BCUT2D eigenvalue weighted by Gasteiger charge is -2.36. The number of hydrogen-bond donors (Lipinski definition) is 2. The Balaban J connectivity index is 2.15. The van der Waals surface area contributed by atoms with E-state index in [1.165, 1.54) is 0 Å². The zero-order valence-electron chi connectivity index (χ0n) is 12.9. The molecule has 0 amide bonds. The van der Waals surface area contributed by atoms with E-state index in [1.54, 1.807) is 13.2 Å². The Kier molecular flexibility index (Phi) is 4.85. The van der Waals surface area contributed by atoms with Crippen molar-refractivity contribution in [1.82, 2.24) is 0 Å². The standard InChI is InChI=1S/C16H23NO4/c1-11-8-12(2)14(9-13(11)15(18)19)17-10-16(20-3)4-6-21-7-5-16/h8-9,17H,4-7,10H2,1-3H3,(H,18,19). The molecule has 1 aliphatic rings. The SMILES string of the molecule is COC1(CNc2cc(C(=O)O)c(C)cc2C)CCOCC1. The predicted octanol–water partition coefficient (Wildman–Crippen LogP) is 2.61. The van der Waals surface area contributed by atoms with Crippen LogP contribution in [-0.2, 0) is 9.47 Å². The first-order valence-electron chi connectivity index (χ1n) is 7.19. The summed E-state index contributed by atoms with van der Waals surface area (Å²) in [6.07, 6.45) is 1.68. The van der Waals surface area contributed by atoms with Gasteiger partial charge in [-0.05, 0) is 31.0 Å². The topological polar surface area (TPSA) is 67.8 Å². The first kappa shape index (κ1) is 15.8. The van der Waals surface area contributed by atoms with Gasteiger partial charge in [0.15, 0.2) is 0 Å². The average Bonchev–Trinajstić information content (AvgIpc) is 2.47. The third-order valence-corrected chi connectivity index (χ3v) is 4.24. The second kappa shape index (κ2) is 6.45. The number of methoxy groups -OCH3 is 1. The van der Waals surface area contributed by atoms with Crippen molar-refractivity contribution in [3.63, 3.8) is 0 Å². The third-order valence-electron chi connectivity index (χ3n) is 4.24. The lowest BCUT2D eigenvalue weighted by Crippen LogP contribution is -2.44. The van der Waals surface area contributed by atoms with Gasteiger partial charge < -0.3 is 19.9 Å². The maximum absolute atomic E-state index is 11.2. The zero-order chi connectivity index (χ0) is 15.5. The Bertz CT molecular complexity index is 521. The molecule has 0 unspecified atom stereocenters. The number of rotatable bonds is 5. The smallest absolute Gasteiger partial charge is 0.336 e. The summed E-state index contributed by atoms with van der Waals surface area (Å²) in [6.45, 7) is 5.83. The summed E-state index contributed by atoms with van der Waals surface area (Å²) < 4.78 is 11.1. The molecule has 0 radical (unpaired) electrons. The molecule has 5 nitrogen and oxygen atoms in total.